The van der Waals surface area contributed by atoms with Crippen molar-refractivity contribution in [3.63, 3.8) is 0 Å². The molecule has 0 aliphatic rings. The Labute approximate surface area is 101 Å². The fourth-order valence-electron chi connectivity index (χ4n) is 1.79. The third-order valence-electron chi connectivity index (χ3n) is 2.65. The van der Waals surface area contributed by atoms with Crippen molar-refractivity contribution in [1.82, 2.24) is 0 Å². The molecule has 0 aliphatic heterocycles. The van der Waals surface area contributed by atoms with Gasteiger partial charge in [0.15, 0.2) is 0 Å². The third kappa shape index (κ3) is 2.50. The molecule has 2 rings (SSSR count). The van der Waals surface area contributed by atoms with Crippen LogP contribution in [0.4, 0.5) is 0 Å². The van der Waals surface area contributed by atoms with Crippen LogP contribution in [0.1, 0.15) is 17.2 Å². The van der Waals surface area contributed by atoms with Gasteiger partial charge in [0.25, 0.3) is 0 Å². The van der Waals surface area contributed by atoms with Gasteiger partial charge < -0.3 is 4.74 Å². The summed E-state index contributed by atoms with van der Waals surface area (Å²) in [6, 6.07) is 17.2. The summed E-state index contributed by atoms with van der Waals surface area (Å²) in [5.41, 5.74) is 9.32. The van der Waals surface area contributed by atoms with Crippen molar-refractivity contribution >= 4 is 0 Å². The predicted octanol–water partition coefficient (Wildman–Crippen LogP) is 3.82. The van der Waals surface area contributed by atoms with Gasteiger partial charge in [0.2, 0.25) is 0 Å². The molecule has 0 aliphatic carbocycles. The second kappa shape index (κ2) is 5.25. The van der Waals surface area contributed by atoms with Gasteiger partial charge in [0.1, 0.15) is 11.8 Å². The van der Waals surface area contributed by atoms with E-state index < -0.39 is 0 Å². The first-order chi connectivity index (χ1) is 8.35. The van der Waals surface area contributed by atoms with Gasteiger partial charge in [-0.05, 0) is 23.3 Å². The van der Waals surface area contributed by atoms with Crippen molar-refractivity contribution in [2.24, 2.45) is 5.11 Å². The fraction of sp³-hybridized carbons (Fsp3) is 0.143. The molecule has 2 aromatic carbocycles. The van der Waals surface area contributed by atoms with Gasteiger partial charge in [-0.2, -0.15) is 5.11 Å². The lowest BCUT2D eigenvalue weighted by atomic mass is 9.99. The Bertz CT molecular complexity index is 497. The average Bonchev–Trinajstić information content (AvgIpc) is 2.41. The second-order valence-electron chi connectivity index (χ2n) is 3.72. The van der Waals surface area contributed by atoms with Gasteiger partial charge in [-0.15, -0.1) is 0 Å². The summed E-state index contributed by atoms with van der Waals surface area (Å²) in [6.45, 7) is 0. The number of nitrogens with zero attached hydrogens (tertiary/aromatic N) is 1. The number of ether oxygens (including phenoxy) is 1. The van der Waals surface area contributed by atoms with Gasteiger partial charge in [-0.1, -0.05) is 42.5 Å². The minimum Gasteiger partial charge on any atom is -0.497 e. The summed E-state index contributed by atoms with van der Waals surface area (Å²) in [5, 5.41) is 3.70. The van der Waals surface area contributed by atoms with Crippen molar-refractivity contribution in [3.8, 4) is 5.75 Å². The van der Waals surface area contributed by atoms with Crippen LogP contribution in [0.25, 0.3) is 0 Å². The summed E-state index contributed by atoms with van der Waals surface area (Å²) >= 11 is 0. The first-order valence-corrected chi connectivity index (χ1v) is 5.40. The molecule has 0 radical (unpaired) electrons. The SMILES string of the molecule is COc1cccc(C(N=N)c2ccccc2)c1. The lowest BCUT2D eigenvalue weighted by Crippen LogP contribution is -1.97. The summed E-state index contributed by atoms with van der Waals surface area (Å²) in [5.74, 6) is 0.784. The van der Waals surface area contributed by atoms with Crippen LogP contribution in [0.2, 0.25) is 0 Å². The second-order valence-corrected chi connectivity index (χ2v) is 3.72. The van der Waals surface area contributed by atoms with Gasteiger partial charge in [-0.25, -0.2) is 5.53 Å². The molecular formula is C14H14N2O. The van der Waals surface area contributed by atoms with E-state index in [-0.39, 0.29) is 6.04 Å². The van der Waals surface area contributed by atoms with E-state index >= 15 is 0 Å². The maximum absolute atomic E-state index is 7.35. The van der Waals surface area contributed by atoms with E-state index in [2.05, 4.69) is 5.11 Å². The number of hydrogen-bond acceptors (Lipinski definition) is 3. The molecule has 0 spiro atoms. The number of benzene rings is 2. The number of methoxy groups -OCH3 is 1. The molecule has 2 aromatic rings. The molecule has 17 heavy (non-hydrogen) atoms. The Morgan fingerprint density at radius 1 is 1.00 bits per heavy atom. The van der Waals surface area contributed by atoms with Gasteiger partial charge >= 0.3 is 0 Å². The van der Waals surface area contributed by atoms with Crippen LogP contribution in [-0.4, -0.2) is 7.11 Å². The van der Waals surface area contributed by atoms with E-state index in [0.717, 1.165) is 16.9 Å². The van der Waals surface area contributed by atoms with Crippen molar-refractivity contribution in [2.45, 2.75) is 6.04 Å². The Morgan fingerprint density at radius 3 is 2.35 bits per heavy atom. The zero-order chi connectivity index (χ0) is 12.1. The van der Waals surface area contributed by atoms with Crippen LogP contribution < -0.4 is 4.74 Å². The van der Waals surface area contributed by atoms with Gasteiger partial charge in [-0.3, -0.25) is 0 Å². The van der Waals surface area contributed by atoms with Crippen LogP contribution in [-0.2, 0) is 0 Å². The minimum absolute atomic E-state index is 0.258. The summed E-state index contributed by atoms with van der Waals surface area (Å²) in [7, 11) is 1.63. The Morgan fingerprint density at radius 2 is 1.71 bits per heavy atom. The Hall–Kier alpha value is -2.16. The first kappa shape index (κ1) is 11.3. The van der Waals surface area contributed by atoms with Crippen molar-refractivity contribution < 1.29 is 4.74 Å². The molecule has 1 atom stereocenters. The smallest absolute Gasteiger partial charge is 0.121 e. The van der Waals surface area contributed by atoms with Gasteiger partial charge in [0.05, 0.1) is 7.11 Å². The predicted molar refractivity (Wildman–Crippen MR) is 66.4 cm³/mol. The molecule has 0 aromatic heterocycles. The molecule has 0 amide bonds. The maximum atomic E-state index is 7.35. The maximum Gasteiger partial charge on any atom is 0.121 e. The molecule has 1 N–H and O–H groups in total. The lowest BCUT2D eigenvalue weighted by molar-refractivity contribution is 0.414. The molecule has 0 saturated carbocycles. The first-order valence-electron chi connectivity index (χ1n) is 5.40. The molecule has 3 heteroatoms. The monoisotopic (exact) mass is 226 g/mol. The highest BCUT2D eigenvalue weighted by molar-refractivity contribution is 5.36. The highest BCUT2D eigenvalue weighted by atomic mass is 16.5. The fourth-order valence-corrected chi connectivity index (χ4v) is 1.79. The summed E-state index contributed by atoms with van der Waals surface area (Å²) in [6.07, 6.45) is 0. The van der Waals surface area contributed by atoms with Gasteiger partial charge in [0, 0.05) is 0 Å². The van der Waals surface area contributed by atoms with Crippen molar-refractivity contribution in [2.75, 3.05) is 7.11 Å². The molecular weight excluding hydrogens is 212 g/mol. The van der Waals surface area contributed by atoms with E-state index in [4.69, 9.17) is 10.3 Å². The summed E-state index contributed by atoms with van der Waals surface area (Å²) < 4.78 is 5.18. The molecule has 1 unspecified atom stereocenters. The topological polar surface area (TPSA) is 45.4 Å². The third-order valence-corrected chi connectivity index (χ3v) is 2.65. The van der Waals surface area contributed by atoms with E-state index in [1.165, 1.54) is 0 Å². The van der Waals surface area contributed by atoms with Crippen LogP contribution in [0.3, 0.4) is 0 Å². The molecule has 0 saturated heterocycles. The molecule has 0 bridgehead atoms. The molecule has 86 valence electrons. The van der Waals surface area contributed by atoms with E-state index in [9.17, 15) is 0 Å². The number of hydrogen-bond donors (Lipinski definition) is 1. The Kier molecular flexibility index (Phi) is 3.50. The number of rotatable bonds is 4. The zero-order valence-corrected chi connectivity index (χ0v) is 9.63. The normalized spacial score (nSPS) is 11.8. The minimum atomic E-state index is -0.258. The van der Waals surface area contributed by atoms with Crippen LogP contribution in [0.15, 0.2) is 59.7 Å². The average molecular weight is 226 g/mol. The summed E-state index contributed by atoms with van der Waals surface area (Å²) in [4.78, 5) is 0. The van der Waals surface area contributed by atoms with Crippen LogP contribution in [0.5, 0.6) is 5.75 Å². The van der Waals surface area contributed by atoms with E-state index in [0.29, 0.717) is 0 Å². The standard InChI is InChI=1S/C14H14N2O/c1-17-13-9-5-8-12(10-13)14(16-15)11-6-3-2-4-7-11/h2-10,14-15H,1H3. The quantitative estimate of drug-likeness (QED) is 0.791. The highest BCUT2D eigenvalue weighted by Gasteiger charge is 2.12. The molecule has 0 fully saturated rings. The zero-order valence-electron chi connectivity index (χ0n) is 9.63. The van der Waals surface area contributed by atoms with Crippen LogP contribution >= 0.6 is 0 Å². The van der Waals surface area contributed by atoms with E-state index in [1.807, 2.05) is 54.6 Å². The lowest BCUT2D eigenvalue weighted by Gasteiger charge is -2.12. The van der Waals surface area contributed by atoms with Crippen molar-refractivity contribution in [3.05, 3.63) is 65.7 Å². The van der Waals surface area contributed by atoms with Crippen molar-refractivity contribution in [1.29, 1.82) is 5.53 Å². The Balaban J connectivity index is 2.38. The largest absolute Gasteiger partial charge is 0.497 e. The molecule has 3 nitrogen and oxygen atoms in total. The number of nitrogens with one attached hydrogen (secondary N) is 1. The highest BCUT2D eigenvalue weighted by Crippen LogP contribution is 2.27. The molecule has 0 heterocycles. The van der Waals surface area contributed by atoms with E-state index in [1.54, 1.807) is 7.11 Å². The van der Waals surface area contributed by atoms with Crippen LogP contribution in [0, 0.1) is 5.53 Å².